The molecule has 6 heteroatoms. The molecule has 1 atom stereocenters. The number of halogens is 1. The van der Waals surface area contributed by atoms with E-state index in [1.165, 1.54) is 18.2 Å². The molecule has 0 saturated heterocycles. The third kappa shape index (κ3) is 3.26. The van der Waals surface area contributed by atoms with Crippen molar-refractivity contribution in [3.05, 3.63) is 71.9 Å². The second kappa shape index (κ2) is 6.39. The van der Waals surface area contributed by atoms with Gasteiger partial charge in [0.1, 0.15) is 11.9 Å². The Morgan fingerprint density at radius 1 is 1.13 bits per heavy atom. The van der Waals surface area contributed by atoms with Gasteiger partial charge < -0.3 is 9.84 Å². The van der Waals surface area contributed by atoms with Crippen LogP contribution in [0.2, 0.25) is 0 Å². The molecule has 3 rings (SSSR count). The largest absolute Gasteiger partial charge is 0.340 e. The number of amides is 1. The normalized spacial score (nSPS) is 11.9. The van der Waals surface area contributed by atoms with Crippen LogP contribution in [0.15, 0.2) is 59.1 Å². The fraction of sp³-hybridized carbons (Fsp3) is 0.118. The molecule has 0 radical (unpaired) electrons. The third-order valence-electron chi connectivity index (χ3n) is 3.31. The summed E-state index contributed by atoms with van der Waals surface area (Å²) in [5.41, 5.74) is 0.789. The van der Waals surface area contributed by atoms with Gasteiger partial charge in [0, 0.05) is 5.56 Å². The number of nitrogens with zero attached hydrogens (tertiary/aromatic N) is 2. The highest BCUT2D eigenvalue weighted by Gasteiger charge is 2.19. The van der Waals surface area contributed by atoms with E-state index in [1.807, 2.05) is 30.3 Å². The fourth-order valence-corrected chi connectivity index (χ4v) is 2.10. The number of aromatic nitrogens is 2. The molecule has 23 heavy (non-hydrogen) atoms. The van der Waals surface area contributed by atoms with Crippen LogP contribution in [0.4, 0.5) is 4.39 Å². The maximum absolute atomic E-state index is 13.6. The first-order valence-electron chi connectivity index (χ1n) is 7.09. The van der Waals surface area contributed by atoms with Crippen LogP contribution in [0.3, 0.4) is 0 Å². The molecule has 0 aliphatic rings. The Morgan fingerprint density at radius 3 is 2.57 bits per heavy atom. The zero-order valence-corrected chi connectivity index (χ0v) is 12.4. The van der Waals surface area contributed by atoms with Crippen molar-refractivity contribution in [2.75, 3.05) is 0 Å². The first-order chi connectivity index (χ1) is 11.1. The molecule has 5 nitrogen and oxygen atoms in total. The number of benzene rings is 2. The van der Waals surface area contributed by atoms with Crippen LogP contribution in [0.25, 0.3) is 11.4 Å². The number of rotatable bonds is 4. The summed E-state index contributed by atoms with van der Waals surface area (Å²) in [6.07, 6.45) is 0. The first-order valence-corrected chi connectivity index (χ1v) is 7.09. The summed E-state index contributed by atoms with van der Waals surface area (Å²) >= 11 is 0. The van der Waals surface area contributed by atoms with Crippen molar-refractivity contribution >= 4 is 5.91 Å². The summed E-state index contributed by atoms with van der Waals surface area (Å²) < 4.78 is 18.8. The molecule has 2 aromatic carbocycles. The fourth-order valence-electron chi connectivity index (χ4n) is 2.10. The van der Waals surface area contributed by atoms with Gasteiger partial charge in [0.2, 0.25) is 11.7 Å². The topological polar surface area (TPSA) is 68.0 Å². The number of carbonyl (C=O) groups is 1. The Kier molecular flexibility index (Phi) is 4.14. The van der Waals surface area contributed by atoms with Crippen molar-refractivity contribution in [3.8, 4) is 11.4 Å². The minimum atomic E-state index is -0.576. The number of nitrogens with one attached hydrogen (secondary N) is 1. The van der Waals surface area contributed by atoms with E-state index in [0.29, 0.717) is 5.82 Å². The quantitative estimate of drug-likeness (QED) is 0.802. The van der Waals surface area contributed by atoms with Gasteiger partial charge in [-0.25, -0.2) is 4.39 Å². The molecule has 3 aromatic rings. The Balaban J connectivity index is 1.74. The Hall–Kier alpha value is -3.02. The molecule has 0 spiro atoms. The van der Waals surface area contributed by atoms with Gasteiger partial charge in [-0.1, -0.05) is 47.6 Å². The van der Waals surface area contributed by atoms with Crippen LogP contribution >= 0.6 is 0 Å². The summed E-state index contributed by atoms with van der Waals surface area (Å²) in [6, 6.07) is 14.6. The second-order valence-corrected chi connectivity index (χ2v) is 5.00. The number of hydrogen-bond donors (Lipinski definition) is 1. The van der Waals surface area contributed by atoms with Crippen molar-refractivity contribution in [2.45, 2.75) is 13.0 Å². The Bertz CT molecular complexity index is 817. The predicted molar refractivity (Wildman–Crippen MR) is 82.0 cm³/mol. The van der Waals surface area contributed by atoms with Crippen LogP contribution in [0.5, 0.6) is 0 Å². The van der Waals surface area contributed by atoms with E-state index >= 15 is 0 Å². The molecule has 0 unspecified atom stereocenters. The molecule has 0 saturated carbocycles. The minimum absolute atomic E-state index is 0.0258. The highest BCUT2D eigenvalue weighted by atomic mass is 19.1. The standard InChI is InChI=1S/C17H14FN3O2/c1-11(19-16(22)13-9-5-6-10-14(13)18)17-20-15(21-23-17)12-7-3-2-4-8-12/h2-11H,1H3,(H,19,22)/t11-/m0/s1. The molecular weight excluding hydrogens is 297 g/mol. The van der Waals surface area contributed by atoms with Gasteiger partial charge in [0.25, 0.3) is 5.91 Å². The van der Waals surface area contributed by atoms with Crippen molar-refractivity contribution in [3.63, 3.8) is 0 Å². The van der Waals surface area contributed by atoms with E-state index in [4.69, 9.17) is 4.52 Å². The van der Waals surface area contributed by atoms with Crippen molar-refractivity contribution in [1.82, 2.24) is 15.5 Å². The van der Waals surface area contributed by atoms with E-state index in [9.17, 15) is 9.18 Å². The van der Waals surface area contributed by atoms with Gasteiger partial charge in [-0.3, -0.25) is 4.79 Å². The van der Waals surface area contributed by atoms with Gasteiger partial charge in [0.05, 0.1) is 5.56 Å². The molecule has 1 amide bonds. The van der Waals surface area contributed by atoms with Crippen LogP contribution < -0.4 is 5.32 Å². The molecule has 0 aliphatic carbocycles. The van der Waals surface area contributed by atoms with Crippen LogP contribution in [0.1, 0.15) is 29.2 Å². The highest BCUT2D eigenvalue weighted by molar-refractivity contribution is 5.94. The molecule has 0 fully saturated rings. The lowest BCUT2D eigenvalue weighted by Gasteiger charge is -2.09. The molecule has 0 bridgehead atoms. The van der Waals surface area contributed by atoms with E-state index in [2.05, 4.69) is 15.5 Å². The molecule has 1 heterocycles. The summed E-state index contributed by atoms with van der Waals surface area (Å²) in [4.78, 5) is 16.3. The second-order valence-electron chi connectivity index (χ2n) is 5.00. The van der Waals surface area contributed by atoms with Crippen molar-refractivity contribution in [1.29, 1.82) is 0 Å². The first kappa shape index (κ1) is 14.9. The minimum Gasteiger partial charge on any atom is -0.340 e. The lowest BCUT2D eigenvalue weighted by Crippen LogP contribution is -2.27. The summed E-state index contributed by atoms with van der Waals surface area (Å²) in [5.74, 6) is -0.413. The van der Waals surface area contributed by atoms with Crippen molar-refractivity contribution in [2.24, 2.45) is 0 Å². The summed E-state index contributed by atoms with van der Waals surface area (Å²) in [7, 11) is 0. The zero-order valence-electron chi connectivity index (χ0n) is 12.4. The third-order valence-corrected chi connectivity index (χ3v) is 3.31. The van der Waals surface area contributed by atoms with E-state index in [0.717, 1.165) is 5.56 Å². The Morgan fingerprint density at radius 2 is 1.83 bits per heavy atom. The smallest absolute Gasteiger partial charge is 0.254 e. The van der Waals surface area contributed by atoms with Gasteiger partial charge in [-0.2, -0.15) is 4.98 Å². The highest BCUT2D eigenvalue weighted by Crippen LogP contribution is 2.18. The van der Waals surface area contributed by atoms with Crippen molar-refractivity contribution < 1.29 is 13.7 Å². The summed E-state index contributed by atoms with van der Waals surface area (Å²) in [5, 5.41) is 6.54. The van der Waals surface area contributed by atoms with E-state index in [-0.39, 0.29) is 11.5 Å². The SMILES string of the molecule is C[C@H](NC(=O)c1ccccc1F)c1nc(-c2ccccc2)no1. The summed E-state index contributed by atoms with van der Waals surface area (Å²) in [6.45, 7) is 1.70. The predicted octanol–water partition coefficient (Wildman–Crippen LogP) is 3.37. The zero-order chi connectivity index (χ0) is 16.2. The Labute approximate surface area is 132 Å². The van der Waals surface area contributed by atoms with Crippen LogP contribution in [-0.2, 0) is 0 Å². The molecule has 116 valence electrons. The van der Waals surface area contributed by atoms with E-state index < -0.39 is 17.8 Å². The monoisotopic (exact) mass is 311 g/mol. The molecule has 1 N–H and O–H groups in total. The van der Waals surface area contributed by atoms with Gasteiger partial charge in [0.15, 0.2) is 0 Å². The molecular formula is C17H14FN3O2. The molecule has 0 aliphatic heterocycles. The van der Waals surface area contributed by atoms with Gasteiger partial charge in [-0.05, 0) is 19.1 Å². The number of carbonyl (C=O) groups excluding carboxylic acids is 1. The molecule has 1 aromatic heterocycles. The average molecular weight is 311 g/mol. The number of hydrogen-bond acceptors (Lipinski definition) is 4. The van der Waals surface area contributed by atoms with Gasteiger partial charge >= 0.3 is 0 Å². The lowest BCUT2D eigenvalue weighted by atomic mass is 10.2. The van der Waals surface area contributed by atoms with E-state index in [1.54, 1.807) is 13.0 Å². The average Bonchev–Trinajstić information content (AvgIpc) is 3.06. The van der Waals surface area contributed by atoms with Gasteiger partial charge in [-0.15, -0.1) is 0 Å². The van der Waals surface area contributed by atoms with Crippen LogP contribution in [0, 0.1) is 5.82 Å². The van der Waals surface area contributed by atoms with Crippen LogP contribution in [-0.4, -0.2) is 16.0 Å². The lowest BCUT2D eigenvalue weighted by molar-refractivity contribution is 0.0928. The maximum Gasteiger partial charge on any atom is 0.254 e. The maximum atomic E-state index is 13.6.